The van der Waals surface area contributed by atoms with Gasteiger partial charge in [0, 0.05) is 25.0 Å². The predicted octanol–water partition coefficient (Wildman–Crippen LogP) is 3.15. The number of hydrogen-bond donors (Lipinski definition) is 1. The number of benzene rings is 1. The molecule has 0 aromatic heterocycles. The molecule has 1 heterocycles. The van der Waals surface area contributed by atoms with Gasteiger partial charge in [0.2, 0.25) is 5.91 Å². The maximum Gasteiger partial charge on any atom is 0.260 e. The van der Waals surface area contributed by atoms with Crippen LogP contribution in [0.1, 0.15) is 51.9 Å². The lowest BCUT2D eigenvalue weighted by Crippen LogP contribution is -2.48. The monoisotopic (exact) mass is 388 g/mol. The fourth-order valence-electron chi connectivity index (χ4n) is 4.03. The van der Waals surface area contributed by atoms with E-state index >= 15 is 0 Å². The quantitative estimate of drug-likeness (QED) is 0.779. The van der Waals surface area contributed by atoms with Crippen LogP contribution in [0.5, 0.6) is 11.5 Å². The van der Waals surface area contributed by atoms with Crippen LogP contribution in [0.15, 0.2) is 24.3 Å². The largest absolute Gasteiger partial charge is 0.490 e. The molecule has 1 aromatic rings. The van der Waals surface area contributed by atoms with Crippen LogP contribution >= 0.6 is 0 Å². The van der Waals surface area contributed by atoms with Crippen LogP contribution in [0.2, 0.25) is 0 Å². The molecule has 1 saturated carbocycles. The fraction of sp³-hybridized carbons (Fsp3) is 0.636. The average molecular weight is 389 g/mol. The van der Waals surface area contributed by atoms with Crippen molar-refractivity contribution in [3.8, 4) is 11.5 Å². The molecule has 1 aromatic carbocycles. The second kappa shape index (κ2) is 10.3. The first-order valence-corrected chi connectivity index (χ1v) is 10.6. The second-order valence-electron chi connectivity index (χ2n) is 7.67. The molecule has 0 unspecified atom stereocenters. The van der Waals surface area contributed by atoms with Crippen LogP contribution in [0, 0.1) is 5.92 Å². The van der Waals surface area contributed by atoms with Gasteiger partial charge < -0.3 is 19.7 Å². The Morgan fingerprint density at radius 2 is 1.64 bits per heavy atom. The molecule has 1 aliphatic heterocycles. The van der Waals surface area contributed by atoms with Crippen LogP contribution in [0.3, 0.4) is 0 Å². The number of nitrogens with one attached hydrogen (secondary N) is 1. The minimum atomic E-state index is -0.0247. The summed E-state index contributed by atoms with van der Waals surface area (Å²) >= 11 is 0. The SMILES string of the molecule is CCOc1ccccc1OCC(=O)N1CCC(NC(=O)C2CCCCC2)CC1. The first-order valence-electron chi connectivity index (χ1n) is 10.6. The Bertz CT molecular complexity index is 650. The highest BCUT2D eigenvalue weighted by Gasteiger charge is 2.27. The van der Waals surface area contributed by atoms with Gasteiger partial charge in [0.15, 0.2) is 18.1 Å². The standard InChI is InChI=1S/C22H32N2O4/c1-2-27-19-10-6-7-11-20(19)28-16-21(25)24-14-12-18(13-15-24)23-22(26)17-8-4-3-5-9-17/h6-7,10-11,17-18H,2-5,8-9,12-16H2,1H3,(H,23,26). The van der Waals surface area contributed by atoms with Crippen molar-refractivity contribution in [1.82, 2.24) is 10.2 Å². The van der Waals surface area contributed by atoms with Crippen LogP contribution in [0.25, 0.3) is 0 Å². The Kier molecular flexibility index (Phi) is 7.57. The topological polar surface area (TPSA) is 67.9 Å². The highest BCUT2D eigenvalue weighted by atomic mass is 16.5. The van der Waals surface area contributed by atoms with E-state index in [4.69, 9.17) is 9.47 Å². The molecule has 154 valence electrons. The van der Waals surface area contributed by atoms with Gasteiger partial charge in [-0.2, -0.15) is 0 Å². The molecule has 1 aliphatic carbocycles. The molecule has 1 N–H and O–H groups in total. The second-order valence-corrected chi connectivity index (χ2v) is 7.67. The number of piperidine rings is 1. The van der Waals surface area contributed by atoms with Crippen LogP contribution in [-0.4, -0.2) is 49.1 Å². The van der Waals surface area contributed by atoms with Crippen molar-refractivity contribution < 1.29 is 19.1 Å². The van der Waals surface area contributed by atoms with Crippen molar-refractivity contribution in [3.05, 3.63) is 24.3 Å². The van der Waals surface area contributed by atoms with Crippen molar-refractivity contribution in [2.75, 3.05) is 26.3 Å². The highest BCUT2D eigenvalue weighted by Crippen LogP contribution is 2.27. The number of carbonyl (C=O) groups excluding carboxylic acids is 2. The molecule has 0 spiro atoms. The van der Waals surface area contributed by atoms with Gasteiger partial charge in [-0.3, -0.25) is 9.59 Å². The zero-order valence-electron chi connectivity index (χ0n) is 16.8. The van der Waals surface area contributed by atoms with E-state index in [0.29, 0.717) is 31.2 Å². The van der Waals surface area contributed by atoms with Crippen LogP contribution in [0.4, 0.5) is 0 Å². The van der Waals surface area contributed by atoms with E-state index in [1.54, 1.807) is 0 Å². The smallest absolute Gasteiger partial charge is 0.260 e. The van der Waals surface area contributed by atoms with Gasteiger partial charge in [0.05, 0.1) is 6.61 Å². The number of ether oxygens (including phenoxy) is 2. The molecule has 1 saturated heterocycles. The van der Waals surface area contributed by atoms with Crippen LogP contribution < -0.4 is 14.8 Å². The number of hydrogen-bond acceptors (Lipinski definition) is 4. The van der Waals surface area contributed by atoms with E-state index in [1.807, 2.05) is 36.1 Å². The van der Waals surface area contributed by atoms with Crippen molar-refractivity contribution in [1.29, 1.82) is 0 Å². The average Bonchev–Trinajstić information content (AvgIpc) is 2.74. The van der Waals surface area contributed by atoms with Crippen molar-refractivity contribution >= 4 is 11.8 Å². The Hall–Kier alpha value is -2.24. The van der Waals surface area contributed by atoms with E-state index in [0.717, 1.165) is 38.5 Å². The number of nitrogens with zero attached hydrogens (tertiary/aromatic N) is 1. The number of carbonyl (C=O) groups is 2. The predicted molar refractivity (Wildman–Crippen MR) is 107 cm³/mol. The number of para-hydroxylation sites is 2. The molecule has 2 fully saturated rings. The Balaban J connectivity index is 1.41. The normalized spacial score (nSPS) is 18.5. The van der Waals surface area contributed by atoms with Crippen molar-refractivity contribution in [2.24, 2.45) is 5.92 Å². The summed E-state index contributed by atoms with van der Waals surface area (Å²) in [4.78, 5) is 26.7. The van der Waals surface area contributed by atoms with E-state index < -0.39 is 0 Å². The molecule has 2 aliphatic rings. The highest BCUT2D eigenvalue weighted by molar-refractivity contribution is 5.79. The molecular formula is C22H32N2O4. The number of rotatable bonds is 7. The molecule has 2 amide bonds. The van der Waals surface area contributed by atoms with E-state index in [2.05, 4.69) is 5.32 Å². The zero-order valence-corrected chi connectivity index (χ0v) is 16.8. The lowest BCUT2D eigenvalue weighted by Gasteiger charge is -2.33. The van der Waals surface area contributed by atoms with E-state index in [-0.39, 0.29) is 30.4 Å². The minimum Gasteiger partial charge on any atom is -0.490 e. The summed E-state index contributed by atoms with van der Waals surface area (Å²) in [7, 11) is 0. The van der Waals surface area contributed by atoms with Gasteiger partial charge in [-0.15, -0.1) is 0 Å². The van der Waals surface area contributed by atoms with E-state index in [9.17, 15) is 9.59 Å². The fourth-order valence-corrected chi connectivity index (χ4v) is 4.03. The zero-order chi connectivity index (χ0) is 19.8. The lowest BCUT2D eigenvalue weighted by molar-refractivity contribution is -0.134. The van der Waals surface area contributed by atoms with Gasteiger partial charge in [-0.1, -0.05) is 31.4 Å². The molecular weight excluding hydrogens is 356 g/mol. The third kappa shape index (κ3) is 5.63. The van der Waals surface area contributed by atoms with Gasteiger partial charge in [0.1, 0.15) is 0 Å². The summed E-state index contributed by atoms with van der Waals surface area (Å²) in [5.74, 6) is 1.62. The Morgan fingerprint density at radius 3 is 2.29 bits per heavy atom. The van der Waals surface area contributed by atoms with E-state index in [1.165, 1.54) is 6.42 Å². The molecule has 0 radical (unpaired) electrons. The third-order valence-electron chi connectivity index (χ3n) is 5.67. The Labute approximate surface area is 167 Å². The summed E-state index contributed by atoms with van der Waals surface area (Å²) in [5, 5.41) is 3.20. The first-order chi connectivity index (χ1) is 13.7. The molecule has 6 nitrogen and oxygen atoms in total. The minimum absolute atomic E-state index is 0.00316. The Morgan fingerprint density at radius 1 is 1.00 bits per heavy atom. The van der Waals surface area contributed by atoms with Crippen LogP contribution in [-0.2, 0) is 9.59 Å². The third-order valence-corrected chi connectivity index (χ3v) is 5.67. The van der Waals surface area contributed by atoms with Gasteiger partial charge >= 0.3 is 0 Å². The summed E-state index contributed by atoms with van der Waals surface area (Å²) in [6.45, 7) is 3.78. The molecule has 28 heavy (non-hydrogen) atoms. The van der Waals surface area contributed by atoms with Gasteiger partial charge in [0.25, 0.3) is 5.91 Å². The molecule has 6 heteroatoms. The molecule has 0 atom stereocenters. The summed E-state index contributed by atoms with van der Waals surface area (Å²) in [5.41, 5.74) is 0. The molecule has 0 bridgehead atoms. The lowest BCUT2D eigenvalue weighted by atomic mass is 9.88. The van der Waals surface area contributed by atoms with Crippen molar-refractivity contribution in [2.45, 2.75) is 57.9 Å². The van der Waals surface area contributed by atoms with Gasteiger partial charge in [-0.05, 0) is 44.7 Å². The summed E-state index contributed by atoms with van der Waals surface area (Å²) < 4.78 is 11.2. The van der Waals surface area contributed by atoms with Crippen molar-refractivity contribution in [3.63, 3.8) is 0 Å². The number of likely N-dealkylation sites (tertiary alicyclic amines) is 1. The maximum atomic E-state index is 12.5. The summed E-state index contributed by atoms with van der Waals surface area (Å²) in [6.07, 6.45) is 7.23. The summed E-state index contributed by atoms with van der Waals surface area (Å²) in [6, 6.07) is 7.57. The number of amides is 2. The molecule has 3 rings (SSSR count). The maximum absolute atomic E-state index is 12.5. The van der Waals surface area contributed by atoms with Gasteiger partial charge in [-0.25, -0.2) is 0 Å². The first kappa shape index (κ1) is 20.5.